The van der Waals surface area contributed by atoms with E-state index in [0.29, 0.717) is 11.3 Å². The van der Waals surface area contributed by atoms with Crippen molar-refractivity contribution in [2.45, 2.75) is 12.8 Å². The van der Waals surface area contributed by atoms with Crippen LogP contribution >= 0.6 is 0 Å². The number of hydrazone groups is 1. The van der Waals surface area contributed by atoms with Crippen molar-refractivity contribution in [1.29, 1.82) is 10.5 Å². The Kier molecular flexibility index (Phi) is 3.76. The maximum atomic E-state index is 13.4. The molecule has 100 valence electrons. The van der Waals surface area contributed by atoms with Gasteiger partial charge in [-0.15, -0.1) is 0 Å². The number of nitrogens with one attached hydrogen (secondary N) is 1. The lowest BCUT2D eigenvalue weighted by atomic mass is 9.76. The van der Waals surface area contributed by atoms with E-state index in [4.69, 9.17) is 10.5 Å². The molecule has 0 aliphatic carbocycles. The van der Waals surface area contributed by atoms with Gasteiger partial charge in [0.05, 0.1) is 18.1 Å². The molecule has 0 spiro atoms. The highest BCUT2D eigenvalue weighted by atomic mass is 19.1. The lowest BCUT2D eigenvalue weighted by Crippen LogP contribution is -2.32. The van der Waals surface area contributed by atoms with E-state index in [1.807, 2.05) is 12.1 Å². The molecule has 5 nitrogen and oxygen atoms in total. The number of rotatable bonds is 3. The Morgan fingerprint density at radius 1 is 1.40 bits per heavy atom. The van der Waals surface area contributed by atoms with Gasteiger partial charge < -0.3 is 0 Å². The quantitative estimate of drug-likeness (QED) is 0.906. The number of halogens is 1. The van der Waals surface area contributed by atoms with Gasteiger partial charge in [-0.1, -0.05) is 12.1 Å². The average molecular weight is 270 g/mol. The van der Waals surface area contributed by atoms with E-state index in [0.717, 1.165) is 0 Å². The van der Waals surface area contributed by atoms with E-state index < -0.39 is 23.6 Å². The summed E-state index contributed by atoms with van der Waals surface area (Å²) in [7, 11) is 0. The topological polar surface area (TPSA) is 89.0 Å². The predicted molar refractivity (Wildman–Crippen MR) is 68.6 cm³/mol. The molecule has 2 rings (SSSR count). The van der Waals surface area contributed by atoms with Crippen molar-refractivity contribution in [3.63, 3.8) is 0 Å². The summed E-state index contributed by atoms with van der Waals surface area (Å²) in [6, 6.07) is 9.34. The van der Waals surface area contributed by atoms with Gasteiger partial charge in [-0.25, -0.2) is 9.82 Å². The van der Waals surface area contributed by atoms with Gasteiger partial charge in [0.1, 0.15) is 11.7 Å². The van der Waals surface area contributed by atoms with Crippen LogP contribution in [0, 0.1) is 40.3 Å². The molecule has 1 aromatic rings. The summed E-state index contributed by atoms with van der Waals surface area (Å²) < 4.78 is 13.4. The summed E-state index contributed by atoms with van der Waals surface area (Å²) in [5, 5.41) is 22.1. The Hall–Kier alpha value is -2.73. The second-order valence-electron chi connectivity index (χ2n) is 4.52. The van der Waals surface area contributed by atoms with E-state index >= 15 is 0 Å². The van der Waals surface area contributed by atoms with Gasteiger partial charge in [-0.05, 0) is 24.6 Å². The van der Waals surface area contributed by atoms with Gasteiger partial charge in [-0.3, -0.25) is 4.79 Å². The monoisotopic (exact) mass is 270 g/mol. The number of amides is 1. The molecular weight excluding hydrogens is 259 g/mol. The summed E-state index contributed by atoms with van der Waals surface area (Å²) in [6.07, 6.45) is 0. The molecule has 0 unspecified atom stereocenters. The van der Waals surface area contributed by atoms with Crippen molar-refractivity contribution < 1.29 is 9.18 Å². The average Bonchev–Trinajstić information content (AvgIpc) is 2.76. The maximum Gasteiger partial charge on any atom is 0.249 e. The summed E-state index contributed by atoms with van der Waals surface area (Å²) >= 11 is 0. The van der Waals surface area contributed by atoms with Crippen LogP contribution in [-0.4, -0.2) is 11.6 Å². The van der Waals surface area contributed by atoms with Gasteiger partial charge in [-0.2, -0.15) is 15.6 Å². The van der Waals surface area contributed by atoms with Crippen molar-refractivity contribution in [2.24, 2.45) is 16.9 Å². The smallest absolute Gasteiger partial charge is 0.249 e. The first-order chi connectivity index (χ1) is 9.58. The molecule has 0 saturated carbocycles. The molecule has 0 fully saturated rings. The lowest BCUT2D eigenvalue weighted by molar-refractivity contribution is -0.122. The van der Waals surface area contributed by atoms with Gasteiger partial charge in [0.15, 0.2) is 0 Å². The third kappa shape index (κ3) is 2.36. The van der Waals surface area contributed by atoms with Gasteiger partial charge in [0.25, 0.3) is 0 Å². The fraction of sp³-hybridized carbons (Fsp3) is 0.286. The molecule has 0 saturated heterocycles. The van der Waals surface area contributed by atoms with E-state index in [1.165, 1.54) is 18.2 Å². The molecule has 1 aliphatic heterocycles. The third-order valence-electron chi connectivity index (χ3n) is 3.30. The van der Waals surface area contributed by atoms with Gasteiger partial charge in [0.2, 0.25) is 5.91 Å². The van der Waals surface area contributed by atoms with Crippen molar-refractivity contribution in [3.8, 4) is 12.1 Å². The van der Waals surface area contributed by atoms with Crippen molar-refractivity contribution in [2.75, 3.05) is 0 Å². The van der Waals surface area contributed by atoms with E-state index in [2.05, 4.69) is 10.5 Å². The lowest BCUT2D eigenvalue weighted by Gasteiger charge is -2.23. The molecule has 0 bridgehead atoms. The summed E-state index contributed by atoms with van der Waals surface area (Å²) in [6.45, 7) is 1.64. The molecular formula is C14H11FN4O. The van der Waals surface area contributed by atoms with Crippen LogP contribution in [0.2, 0.25) is 0 Å². The molecule has 1 aromatic carbocycles. The molecule has 0 radical (unpaired) electrons. The molecule has 1 heterocycles. The summed E-state index contributed by atoms with van der Waals surface area (Å²) in [5.74, 6) is -3.40. The summed E-state index contributed by atoms with van der Waals surface area (Å²) in [5.41, 5.74) is 3.25. The van der Waals surface area contributed by atoms with Crippen molar-refractivity contribution in [1.82, 2.24) is 5.43 Å². The van der Waals surface area contributed by atoms with Gasteiger partial charge >= 0.3 is 0 Å². The highest BCUT2D eigenvalue weighted by Crippen LogP contribution is 2.35. The minimum atomic E-state index is -1.06. The van der Waals surface area contributed by atoms with E-state index in [1.54, 1.807) is 13.0 Å². The Morgan fingerprint density at radius 2 is 2.10 bits per heavy atom. The minimum absolute atomic E-state index is 0.382. The number of hydrogen-bond donors (Lipinski definition) is 1. The van der Waals surface area contributed by atoms with Crippen molar-refractivity contribution in [3.05, 3.63) is 35.6 Å². The predicted octanol–water partition coefficient (Wildman–Crippen LogP) is 1.69. The molecule has 1 N–H and O–H groups in total. The van der Waals surface area contributed by atoms with Crippen LogP contribution in [0.25, 0.3) is 0 Å². The summed E-state index contributed by atoms with van der Waals surface area (Å²) in [4.78, 5) is 11.9. The van der Waals surface area contributed by atoms with Crippen LogP contribution in [0.3, 0.4) is 0 Å². The molecule has 0 aromatic heterocycles. The maximum absolute atomic E-state index is 13.4. The first kappa shape index (κ1) is 13.7. The largest absolute Gasteiger partial charge is 0.272 e. The van der Waals surface area contributed by atoms with Crippen molar-refractivity contribution >= 4 is 11.6 Å². The zero-order valence-electron chi connectivity index (χ0n) is 10.7. The Balaban J connectivity index is 2.52. The number of benzene rings is 1. The SMILES string of the molecule is CC1=NNC(=O)[C@@H]1[C@H](c1cccc(F)c1)C(C#N)C#N. The molecule has 20 heavy (non-hydrogen) atoms. The van der Waals surface area contributed by atoms with Crippen LogP contribution in [0.4, 0.5) is 4.39 Å². The Morgan fingerprint density at radius 3 is 2.60 bits per heavy atom. The molecule has 1 amide bonds. The van der Waals surface area contributed by atoms with E-state index in [-0.39, 0.29) is 5.91 Å². The van der Waals surface area contributed by atoms with Crippen LogP contribution in [-0.2, 0) is 4.79 Å². The normalized spacial score (nSPS) is 18.9. The minimum Gasteiger partial charge on any atom is -0.272 e. The number of nitriles is 2. The van der Waals surface area contributed by atoms with Gasteiger partial charge in [0, 0.05) is 11.6 Å². The Bertz CT molecular complexity index is 642. The highest BCUT2D eigenvalue weighted by Gasteiger charge is 2.40. The van der Waals surface area contributed by atoms with Crippen LogP contribution < -0.4 is 5.43 Å². The second-order valence-corrected chi connectivity index (χ2v) is 4.52. The van der Waals surface area contributed by atoms with Crippen LogP contribution in [0.1, 0.15) is 18.4 Å². The van der Waals surface area contributed by atoms with Crippen LogP contribution in [0.5, 0.6) is 0 Å². The zero-order valence-corrected chi connectivity index (χ0v) is 10.7. The number of hydrogen-bond acceptors (Lipinski definition) is 4. The highest BCUT2D eigenvalue weighted by molar-refractivity contribution is 6.07. The first-order valence-electron chi connectivity index (χ1n) is 5.97. The Labute approximate surface area is 115 Å². The molecule has 6 heteroatoms. The third-order valence-corrected chi connectivity index (χ3v) is 3.30. The second kappa shape index (κ2) is 5.50. The van der Waals surface area contributed by atoms with E-state index in [9.17, 15) is 9.18 Å². The molecule has 2 atom stereocenters. The number of nitrogens with zero attached hydrogens (tertiary/aromatic N) is 3. The molecule has 1 aliphatic rings. The number of carbonyl (C=O) groups is 1. The van der Waals surface area contributed by atoms with Crippen LogP contribution in [0.15, 0.2) is 29.4 Å². The first-order valence-corrected chi connectivity index (χ1v) is 5.97. The standard InChI is InChI=1S/C14H11FN4O/c1-8-12(14(20)19-18-8)13(10(6-16)7-17)9-3-2-4-11(15)5-9/h2-5,10,12-13H,1H3,(H,19,20)/t12-,13+/m0/s1. The fourth-order valence-electron chi connectivity index (χ4n) is 2.38. The fourth-order valence-corrected chi connectivity index (χ4v) is 2.38. The number of carbonyl (C=O) groups excluding carboxylic acids is 1. The zero-order chi connectivity index (χ0) is 14.7.